The molecule has 41 heavy (non-hydrogen) atoms. The second-order valence-electron chi connectivity index (χ2n) is 9.17. The van der Waals surface area contributed by atoms with Gasteiger partial charge in [0.05, 0.1) is 30.4 Å². The van der Waals surface area contributed by atoms with Gasteiger partial charge < -0.3 is 20.4 Å². The number of ether oxygens (including phenoxy) is 1. The number of allylic oxidation sites excluding steroid dienone is 2. The van der Waals surface area contributed by atoms with Crippen LogP contribution >= 0.6 is 11.6 Å². The number of amides is 2. The molecule has 1 aliphatic heterocycles. The third-order valence-electron chi connectivity index (χ3n) is 6.30. The zero-order valence-corrected chi connectivity index (χ0v) is 23.0. The average Bonchev–Trinajstić information content (AvgIpc) is 3.66. The molecule has 0 saturated carbocycles. The van der Waals surface area contributed by atoms with Gasteiger partial charge in [0.1, 0.15) is 12.2 Å². The highest BCUT2D eigenvalue weighted by molar-refractivity contribution is 6.30. The van der Waals surface area contributed by atoms with Gasteiger partial charge >= 0.3 is 6.09 Å². The molecule has 1 aliphatic rings. The monoisotopic (exact) mass is 573 g/mol. The maximum Gasteiger partial charge on any atom is 0.411 e. The first-order valence-electron chi connectivity index (χ1n) is 13.0. The molecule has 0 saturated heterocycles. The molecule has 12 nitrogen and oxygen atoms in total. The minimum atomic E-state index is -0.628. The molecule has 4 aromatic rings. The highest BCUT2D eigenvalue weighted by Crippen LogP contribution is 2.38. The average molecular weight is 574 g/mol. The number of aryl methyl sites for hydroxylation is 1. The van der Waals surface area contributed by atoms with E-state index < -0.39 is 12.0 Å². The number of benzene rings is 2. The molecule has 0 fully saturated rings. The molecule has 2 amide bonds. The van der Waals surface area contributed by atoms with E-state index in [0.29, 0.717) is 45.4 Å². The summed E-state index contributed by atoms with van der Waals surface area (Å²) < 4.78 is 6.27. The van der Waals surface area contributed by atoms with E-state index in [-0.39, 0.29) is 0 Å². The molecule has 0 atom stereocenters. The van der Waals surface area contributed by atoms with Gasteiger partial charge in [-0.1, -0.05) is 23.8 Å². The van der Waals surface area contributed by atoms with Crippen molar-refractivity contribution in [2.24, 2.45) is 0 Å². The molecule has 0 radical (unpaired) electrons. The lowest BCUT2D eigenvalue weighted by Crippen LogP contribution is -2.14. The Kier molecular flexibility index (Phi) is 8.70. The minimum Gasteiger partial charge on any atom is -0.453 e. The topological polar surface area (TPSA) is 152 Å². The molecule has 5 rings (SSSR count). The lowest BCUT2D eigenvalue weighted by Gasteiger charge is -2.18. The Morgan fingerprint density at radius 2 is 2.02 bits per heavy atom. The number of fused-ring (bicyclic) bond motifs is 4. The summed E-state index contributed by atoms with van der Waals surface area (Å²) in [5.41, 5.74) is 4.36. The van der Waals surface area contributed by atoms with E-state index in [1.165, 1.54) is 24.2 Å². The number of aromatic nitrogens is 6. The van der Waals surface area contributed by atoms with Gasteiger partial charge in [-0.3, -0.25) is 10.1 Å². The number of nitrogens with zero attached hydrogens (tertiary/aromatic N) is 5. The zero-order chi connectivity index (χ0) is 28.6. The molecular weight excluding hydrogens is 546 g/mol. The van der Waals surface area contributed by atoms with Crippen LogP contribution in [0, 0.1) is 0 Å². The van der Waals surface area contributed by atoms with Crippen molar-refractivity contribution in [1.29, 1.82) is 0 Å². The molecule has 210 valence electrons. The molecule has 0 unspecified atom stereocenters. The molecule has 13 heteroatoms. The molecule has 2 bridgehead atoms. The normalized spacial score (nSPS) is 13.3. The van der Waals surface area contributed by atoms with Gasteiger partial charge in [-0.05, 0) is 66.1 Å². The van der Waals surface area contributed by atoms with E-state index in [2.05, 4.69) is 53.6 Å². The molecule has 0 spiro atoms. The number of methoxy groups -OCH3 is 1. The van der Waals surface area contributed by atoms with Crippen molar-refractivity contribution in [2.75, 3.05) is 29.6 Å². The Morgan fingerprint density at radius 1 is 1.15 bits per heavy atom. The summed E-state index contributed by atoms with van der Waals surface area (Å²) in [5, 5.41) is 20.9. The fraction of sp³-hybridized carbons (Fsp3) is 0.214. The van der Waals surface area contributed by atoms with Gasteiger partial charge in [0.2, 0.25) is 5.91 Å². The summed E-state index contributed by atoms with van der Waals surface area (Å²) in [4.78, 5) is 33.2. The summed E-state index contributed by atoms with van der Waals surface area (Å²) in [6.45, 7) is 0.683. The number of hydrogen-bond donors (Lipinski definition) is 4. The second kappa shape index (κ2) is 12.9. The van der Waals surface area contributed by atoms with Crippen LogP contribution < -0.4 is 16.0 Å². The van der Waals surface area contributed by atoms with Gasteiger partial charge in [0, 0.05) is 46.6 Å². The first-order chi connectivity index (χ1) is 20.0. The molecule has 2 aromatic heterocycles. The number of aromatic amines is 1. The summed E-state index contributed by atoms with van der Waals surface area (Å²) in [5.74, 6) is 0.428. The van der Waals surface area contributed by atoms with Gasteiger partial charge in [0.15, 0.2) is 0 Å². The maximum absolute atomic E-state index is 13.3. The van der Waals surface area contributed by atoms with E-state index in [9.17, 15) is 9.59 Å². The molecule has 0 aliphatic carbocycles. The SMILES string of the molecule is COC(=O)Nc1cc2c(c(NC(=O)C=Cc3cc(Cl)ccc3-n3cnnn3)c1)-c1cnc([nH]1)CCC=CCCCN2. The van der Waals surface area contributed by atoms with Crippen LogP contribution in [0.4, 0.5) is 21.9 Å². The van der Waals surface area contributed by atoms with Gasteiger partial charge in [-0.15, -0.1) is 5.10 Å². The highest BCUT2D eigenvalue weighted by atomic mass is 35.5. The largest absolute Gasteiger partial charge is 0.453 e. The van der Waals surface area contributed by atoms with Crippen LogP contribution in [0.1, 0.15) is 30.7 Å². The van der Waals surface area contributed by atoms with E-state index in [0.717, 1.165) is 37.2 Å². The van der Waals surface area contributed by atoms with E-state index >= 15 is 0 Å². The van der Waals surface area contributed by atoms with Crippen molar-refractivity contribution >= 4 is 46.7 Å². The van der Waals surface area contributed by atoms with Crippen LogP contribution in [-0.2, 0) is 16.0 Å². The van der Waals surface area contributed by atoms with E-state index in [1.807, 2.05) is 0 Å². The predicted molar refractivity (Wildman–Crippen MR) is 157 cm³/mol. The van der Waals surface area contributed by atoms with Crippen molar-refractivity contribution in [3.05, 3.63) is 77.5 Å². The number of imidazole rings is 1. The van der Waals surface area contributed by atoms with Crippen molar-refractivity contribution in [3.8, 4) is 16.9 Å². The number of carbonyl (C=O) groups excluding carboxylic acids is 2. The summed E-state index contributed by atoms with van der Waals surface area (Å²) in [6.07, 6.45) is 13.4. The Hall–Kier alpha value is -4.97. The molecule has 4 N–H and O–H groups in total. The van der Waals surface area contributed by atoms with Gasteiger partial charge in [0.25, 0.3) is 0 Å². The zero-order valence-electron chi connectivity index (χ0n) is 22.2. The fourth-order valence-corrected chi connectivity index (χ4v) is 4.59. The number of H-pyrrole nitrogens is 1. The van der Waals surface area contributed by atoms with Crippen molar-refractivity contribution in [1.82, 2.24) is 30.2 Å². The lowest BCUT2D eigenvalue weighted by atomic mass is 10.1. The van der Waals surface area contributed by atoms with Crippen LogP contribution in [0.2, 0.25) is 5.02 Å². The van der Waals surface area contributed by atoms with Gasteiger partial charge in [-0.2, -0.15) is 4.68 Å². The number of halogens is 1. The number of hydrogen-bond acceptors (Lipinski definition) is 8. The summed E-state index contributed by atoms with van der Waals surface area (Å²) >= 11 is 6.22. The van der Waals surface area contributed by atoms with Gasteiger partial charge in [-0.25, -0.2) is 9.78 Å². The number of anilines is 3. The first kappa shape index (κ1) is 27.6. The standard InChI is InChI=1S/C28H28ClN9O3/c1-41-28(40)33-20-14-21-27(23-16-31-25(34-23)7-5-3-2-4-6-12-30-21)22(15-20)35-26(39)11-8-18-13-19(29)9-10-24(18)38-17-32-36-37-38/h2-3,8-11,13-17,30H,4-7,12H2,1H3,(H,31,34)(H,33,40)(H,35,39). The van der Waals surface area contributed by atoms with Crippen LogP contribution in [0.5, 0.6) is 0 Å². The lowest BCUT2D eigenvalue weighted by molar-refractivity contribution is -0.111. The van der Waals surface area contributed by atoms with Crippen LogP contribution in [0.15, 0.2) is 61.1 Å². The third kappa shape index (κ3) is 6.97. The Labute approximate surface area is 240 Å². The van der Waals surface area contributed by atoms with Crippen LogP contribution in [0.3, 0.4) is 0 Å². The number of tetrazole rings is 1. The Bertz CT molecular complexity index is 1600. The maximum atomic E-state index is 13.3. The fourth-order valence-electron chi connectivity index (χ4n) is 4.41. The number of carbonyl (C=O) groups is 2. The molecule has 2 aromatic carbocycles. The minimum absolute atomic E-state index is 0.406. The highest BCUT2D eigenvalue weighted by Gasteiger charge is 2.18. The smallest absolute Gasteiger partial charge is 0.411 e. The quantitative estimate of drug-likeness (QED) is 0.187. The number of nitrogens with one attached hydrogen (secondary N) is 4. The molecule has 3 heterocycles. The second-order valence-corrected chi connectivity index (χ2v) is 9.60. The van der Waals surface area contributed by atoms with Crippen LogP contribution in [-0.4, -0.2) is 55.8 Å². The van der Waals surface area contributed by atoms with Crippen molar-refractivity contribution in [3.63, 3.8) is 0 Å². The third-order valence-corrected chi connectivity index (χ3v) is 6.54. The summed E-state index contributed by atoms with van der Waals surface area (Å²) in [6, 6.07) is 8.67. The van der Waals surface area contributed by atoms with E-state index in [1.54, 1.807) is 42.6 Å². The molecular formula is C28H28ClN9O3. The first-order valence-corrected chi connectivity index (χ1v) is 13.4. The Balaban J connectivity index is 1.51. The van der Waals surface area contributed by atoms with Crippen molar-refractivity contribution in [2.45, 2.75) is 25.7 Å². The number of rotatable bonds is 5. The van der Waals surface area contributed by atoms with E-state index in [4.69, 9.17) is 16.3 Å². The predicted octanol–water partition coefficient (Wildman–Crippen LogP) is 5.23. The van der Waals surface area contributed by atoms with Crippen LogP contribution in [0.25, 0.3) is 23.0 Å². The Morgan fingerprint density at radius 3 is 2.85 bits per heavy atom. The summed E-state index contributed by atoms with van der Waals surface area (Å²) in [7, 11) is 1.29. The van der Waals surface area contributed by atoms with Crippen molar-refractivity contribution < 1.29 is 14.3 Å².